The first-order valence-corrected chi connectivity index (χ1v) is 14.8. The molecule has 0 aromatic heterocycles. The SMILES string of the molecule is C=C[C@H]1OC(C)(C)O[C@H]2[C@@H]1CN(S(=O)(=O)CC[Si](C)(C)C)[C@H]2C(=O)OCC. The van der Waals surface area contributed by atoms with E-state index in [1.807, 2.05) is 0 Å². The smallest absolute Gasteiger partial charge is 0.327 e. The van der Waals surface area contributed by atoms with Crippen molar-refractivity contribution in [1.29, 1.82) is 0 Å². The van der Waals surface area contributed by atoms with Gasteiger partial charge in [-0.25, -0.2) is 8.42 Å². The molecule has 27 heavy (non-hydrogen) atoms. The van der Waals surface area contributed by atoms with Crippen molar-refractivity contribution < 1.29 is 27.4 Å². The molecule has 0 N–H and O–H groups in total. The minimum absolute atomic E-state index is 0.0288. The van der Waals surface area contributed by atoms with E-state index >= 15 is 0 Å². The highest BCUT2D eigenvalue weighted by Crippen LogP contribution is 2.41. The fourth-order valence-electron chi connectivity index (χ4n) is 3.58. The molecule has 9 heteroatoms. The zero-order valence-corrected chi connectivity index (χ0v) is 19.0. The molecule has 2 rings (SSSR count). The van der Waals surface area contributed by atoms with Crippen molar-refractivity contribution in [3.8, 4) is 0 Å². The van der Waals surface area contributed by atoms with Crippen molar-refractivity contribution in [1.82, 2.24) is 4.31 Å². The second-order valence-corrected chi connectivity index (χ2v) is 16.5. The van der Waals surface area contributed by atoms with Crippen molar-refractivity contribution >= 4 is 24.1 Å². The van der Waals surface area contributed by atoms with Gasteiger partial charge >= 0.3 is 5.97 Å². The molecule has 4 atom stereocenters. The fourth-order valence-corrected chi connectivity index (χ4v) is 8.24. The van der Waals surface area contributed by atoms with Crippen LogP contribution >= 0.6 is 0 Å². The van der Waals surface area contributed by atoms with Gasteiger partial charge in [-0.3, -0.25) is 4.79 Å². The van der Waals surface area contributed by atoms with Crippen LogP contribution in [0.5, 0.6) is 0 Å². The zero-order valence-electron chi connectivity index (χ0n) is 17.2. The molecule has 0 saturated carbocycles. The molecule has 7 nitrogen and oxygen atoms in total. The quantitative estimate of drug-likeness (QED) is 0.357. The van der Waals surface area contributed by atoms with Gasteiger partial charge in [0, 0.05) is 20.5 Å². The van der Waals surface area contributed by atoms with Gasteiger partial charge in [-0.05, 0) is 26.8 Å². The summed E-state index contributed by atoms with van der Waals surface area (Å²) in [6.07, 6.45) is 0.632. The molecule has 2 heterocycles. The summed E-state index contributed by atoms with van der Waals surface area (Å²) in [5, 5.41) is 0. The van der Waals surface area contributed by atoms with Crippen LogP contribution in [-0.2, 0) is 29.0 Å². The third-order valence-electron chi connectivity index (χ3n) is 4.92. The number of sulfonamides is 1. The molecule has 0 spiro atoms. The highest BCUT2D eigenvalue weighted by Gasteiger charge is 2.58. The number of esters is 1. The van der Waals surface area contributed by atoms with Crippen LogP contribution in [0.25, 0.3) is 0 Å². The summed E-state index contributed by atoms with van der Waals surface area (Å²) in [6.45, 7) is 15.8. The van der Waals surface area contributed by atoms with E-state index in [1.54, 1.807) is 26.8 Å². The lowest BCUT2D eigenvalue weighted by molar-refractivity contribution is -0.305. The van der Waals surface area contributed by atoms with Gasteiger partial charge in [0.15, 0.2) is 5.79 Å². The average Bonchev–Trinajstić information content (AvgIpc) is 2.90. The Bertz CT molecular complexity index is 672. The molecule has 0 radical (unpaired) electrons. The summed E-state index contributed by atoms with van der Waals surface area (Å²) in [4.78, 5) is 12.7. The lowest BCUT2D eigenvalue weighted by atomic mass is 9.93. The summed E-state index contributed by atoms with van der Waals surface area (Å²) in [5.41, 5.74) is 0. The number of nitrogens with zero attached hydrogens (tertiary/aromatic N) is 1. The largest absolute Gasteiger partial charge is 0.465 e. The Morgan fingerprint density at radius 3 is 2.48 bits per heavy atom. The normalized spacial score (nSPS) is 31.3. The molecule has 2 aliphatic rings. The van der Waals surface area contributed by atoms with Crippen molar-refractivity contribution in [2.45, 2.75) is 70.5 Å². The van der Waals surface area contributed by atoms with E-state index in [0.29, 0.717) is 6.04 Å². The summed E-state index contributed by atoms with van der Waals surface area (Å²) >= 11 is 0. The first-order chi connectivity index (χ1) is 12.3. The molecule has 0 bridgehead atoms. The van der Waals surface area contributed by atoms with Crippen LogP contribution < -0.4 is 0 Å². The summed E-state index contributed by atoms with van der Waals surface area (Å²) < 4.78 is 44.6. The van der Waals surface area contributed by atoms with Gasteiger partial charge in [0.05, 0.1) is 24.6 Å². The lowest BCUT2D eigenvalue weighted by Crippen LogP contribution is -2.54. The van der Waals surface area contributed by atoms with Crippen LogP contribution in [0.3, 0.4) is 0 Å². The molecule has 0 aromatic carbocycles. The van der Waals surface area contributed by atoms with E-state index < -0.39 is 48.1 Å². The summed E-state index contributed by atoms with van der Waals surface area (Å²) in [5.74, 6) is -1.78. The number of hydrogen-bond acceptors (Lipinski definition) is 6. The molecular formula is C18H33NO6SSi. The van der Waals surface area contributed by atoms with Crippen molar-refractivity contribution in [2.75, 3.05) is 18.9 Å². The van der Waals surface area contributed by atoms with Gasteiger partial charge in [-0.2, -0.15) is 4.31 Å². The number of carbonyl (C=O) groups is 1. The summed E-state index contributed by atoms with van der Waals surface area (Å²) in [7, 11) is -5.19. The minimum atomic E-state index is -3.64. The predicted molar refractivity (Wildman–Crippen MR) is 107 cm³/mol. The second-order valence-electron chi connectivity index (χ2n) is 8.86. The Morgan fingerprint density at radius 2 is 1.96 bits per heavy atom. The van der Waals surface area contributed by atoms with Crippen molar-refractivity contribution in [3.05, 3.63) is 12.7 Å². The van der Waals surface area contributed by atoms with Crippen LogP contribution in [0.1, 0.15) is 20.8 Å². The van der Waals surface area contributed by atoms with Crippen LogP contribution in [0.15, 0.2) is 12.7 Å². The molecule has 0 aromatic rings. The third kappa shape index (κ3) is 5.20. The highest BCUT2D eigenvalue weighted by molar-refractivity contribution is 7.89. The highest BCUT2D eigenvalue weighted by atomic mass is 32.2. The zero-order chi connectivity index (χ0) is 20.6. The Hall–Kier alpha value is -0.743. The van der Waals surface area contributed by atoms with Gasteiger partial charge in [0.25, 0.3) is 0 Å². The van der Waals surface area contributed by atoms with Crippen LogP contribution in [0, 0.1) is 5.92 Å². The first kappa shape index (κ1) is 22.5. The molecular weight excluding hydrogens is 386 g/mol. The molecule has 156 valence electrons. The number of rotatable bonds is 7. The summed E-state index contributed by atoms with van der Waals surface area (Å²) in [6, 6.07) is -0.364. The van der Waals surface area contributed by atoms with E-state index in [-0.39, 0.29) is 24.8 Å². The van der Waals surface area contributed by atoms with Gasteiger partial charge in [-0.15, -0.1) is 6.58 Å². The Kier molecular flexibility index (Phi) is 6.63. The van der Waals surface area contributed by atoms with Crippen LogP contribution in [0.2, 0.25) is 25.7 Å². The number of ether oxygens (including phenoxy) is 3. The third-order valence-corrected chi connectivity index (χ3v) is 8.85. The van der Waals surface area contributed by atoms with Crippen LogP contribution in [-0.4, -0.2) is 69.7 Å². The maximum atomic E-state index is 13.1. The minimum Gasteiger partial charge on any atom is -0.465 e. The Labute approximate surface area is 164 Å². The van der Waals surface area contributed by atoms with Gasteiger partial charge in [0.1, 0.15) is 6.04 Å². The van der Waals surface area contributed by atoms with E-state index in [4.69, 9.17) is 14.2 Å². The van der Waals surface area contributed by atoms with E-state index in [0.717, 1.165) is 0 Å². The van der Waals surface area contributed by atoms with Crippen molar-refractivity contribution in [2.24, 2.45) is 5.92 Å². The predicted octanol–water partition coefficient (Wildman–Crippen LogP) is 2.22. The number of hydrogen-bond donors (Lipinski definition) is 0. The maximum Gasteiger partial charge on any atom is 0.327 e. The topological polar surface area (TPSA) is 82.1 Å². The van der Waals surface area contributed by atoms with Crippen LogP contribution in [0.4, 0.5) is 0 Å². The standard InChI is InChI=1S/C18H33NO6SSi/c1-8-14-13-12-19(26(21,22)10-11-27(5,6)7)15(17(20)23-9-2)16(13)25-18(3,4)24-14/h8,13-16H,1,9-12H2,2-7H3/t13-,14-,15-,16+/m1/s1. The molecule has 0 amide bonds. The van der Waals surface area contributed by atoms with Gasteiger partial charge < -0.3 is 14.2 Å². The fraction of sp³-hybridized carbons (Fsp3) is 0.833. The molecule has 2 fully saturated rings. The van der Waals surface area contributed by atoms with Gasteiger partial charge in [0.2, 0.25) is 10.0 Å². The molecule has 2 saturated heterocycles. The number of fused-ring (bicyclic) bond motifs is 1. The Balaban J connectivity index is 2.38. The molecule has 0 aliphatic carbocycles. The van der Waals surface area contributed by atoms with E-state index in [1.165, 1.54) is 4.31 Å². The average molecular weight is 420 g/mol. The van der Waals surface area contributed by atoms with E-state index in [9.17, 15) is 13.2 Å². The lowest BCUT2D eigenvalue weighted by Gasteiger charge is -2.43. The van der Waals surface area contributed by atoms with Gasteiger partial charge in [-0.1, -0.05) is 25.7 Å². The monoisotopic (exact) mass is 419 g/mol. The second kappa shape index (κ2) is 7.94. The Morgan fingerprint density at radius 1 is 1.33 bits per heavy atom. The molecule has 2 aliphatic heterocycles. The first-order valence-electron chi connectivity index (χ1n) is 9.45. The van der Waals surface area contributed by atoms with E-state index in [2.05, 4.69) is 26.2 Å². The number of carbonyl (C=O) groups excluding carboxylic acids is 1. The maximum absolute atomic E-state index is 13.1. The molecule has 0 unspecified atom stereocenters. The van der Waals surface area contributed by atoms with Crippen molar-refractivity contribution in [3.63, 3.8) is 0 Å².